The van der Waals surface area contributed by atoms with E-state index in [-0.39, 0.29) is 12.1 Å². The van der Waals surface area contributed by atoms with Gasteiger partial charge in [0.25, 0.3) is 0 Å². The number of nitrogens with zero attached hydrogens (tertiary/aromatic N) is 4. The van der Waals surface area contributed by atoms with Crippen LogP contribution < -0.4 is 9.21 Å². The Morgan fingerprint density at radius 3 is 2.77 bits per heavy atom. The highest BCUT2D eigenvalue weighted by molar-refractivity contribution is 7.92. The van der Waals surface area contributed by atoms with Crippen LogP contribution in [0.2, 0.25) is 0 Å². The Labute approximate surface area is 176 Å². The van der Waals surface area contributed by atoms with E-state index in [2.05, 4.69) is 16.8 Å². The highest BCUT2D eigenvalue weighted by Crippen LogP contribution is 2.31. The number of benzene rings is 1. The maximum Gasteiger partial charge on any atom is 0.233 e. The molecule has 30 heavy (non-hydrogen) atoms. The van der Waals surface area contributed by atoms with E-state index in [1.165, 1.54) is 10.6 Å². The zero-order valence-electron chi connectivity index (χ0n) is 17.7. The molecule has 1 aromatic carbocycles. The molecular weight excluding hydrogens is 402 g/mol. The first-order valence-electron chi connectivity index (χ1n) is 10.0. The minimum atomic E-state index is -3.52. The number of aromatic amines is 1. The van der Waals surface area contributed by atoms with Crippen molar-refractivity contribution < 1.29 is 13.2 Å². The summed E-state index contributed by atoms with van der Waals surface area (Å²) < 4.78 is 32.1. The minimum absolute atomic E-state index is 0.128. The van der Waals surface area contributed by atoms with Crippen LogP contribution in [0.5, 0.6) is 0 Å². The van der Waals surface area contributed by atoms with Gasteiger partial charge in [0.2, 0.25) is 10.0 Å². The number of sulfonamides is 1. The van der Waals surface area contributed by atoms with E-state index in [0.29, 0.717) is 37.2 Å². The molecule has 0 radical (unpaired) electrons. The number of fused-ring (bicyclic) bond motifs is 1. The summed E-state index contributed by atoms with van der Waals surface area (Å²) in [6.45, 7) is 7.64. The molecule has 1 fully saturated rings. The Hall–Kier alpha value is -2.65. The van der Waals surface area contributed by atoms with Crippen LogP contribution in [0.4, 0.5) is 11.6 Å². The van der Waals surface area contributed by atoms with Crippen LogP contribution in [0.3, 0.4) is 0 Å². The molecule has 8 nitrogen and oxygen atoms in total. The summed E-state index contributed by atoms with van der Waals surface area (Å²) in [5.41, 5.74) is 1.83. The van der Waals surface area contributed by atoms with Crippen molar-refractivity contribution in [3.63, 3.8) is 0 Å². The van der Waals surface area contributed by atoms with Crippen LogP contribution >= 0.6 is 0 Å². The van der Waals surface area contributed by atoms with Gasteiger partial charge in [0, 0.05) is 41.3 Å². The van der Waals surface area contributed by atoms with E-state index in [1.807, 2.05) is 44.3 Å². The van der Waals surface area contributed by atoms with Crippen molar-refractivity contribution in [1.82, 2.24) is 15.0 Å². The van der Waals surface area contributed by atoms with Gasteiger partial charge in [0.05, 0.1) is 25.5 Å². The zero-order chi connectivity index (χ0) is 21.5. The monoisotopic (exact) mass is 429 g/mol. The molecular formula is C21H27N5O3S. The molecule has 0 aliphatic carbocycles. The molecule has 0 saturated carbocycles. The van der Waals surface area contributed by atoms with Crippen LogP contribution in [0.15, 0.2) is 36.5 Å². The van der Waals surface area contributed by atoms with Gasteiger partial charge in [-0.15, -0.1) is 0 Å². The van der Waals surface area contributed by atoms with E-state index in [4.69, 9.17) is 14.7 Å². The predicted molar refractivity (Wildman–Crippen MR) is 119 cm³/mol. The molecule has 1 atom stereocenters. The van der Waals surface area contributed by atoms with Crippen molar-refractivity contribution in [3.05, 3.63) is 36.5 Å². The second-order valence-electron chi connectivity index (χ2n) is 7.92. The number of morpholine rings is 1. The van der Waals surface area contributed by atoms with Crippen LogP contribution in [-0.2, 0) is 14.8 Å². The van der Waals surface area contributed by atoms with Gasteiger partial charge in [0.1, 0.15) is 11.6 Å². The molecule has 2 aromatic heterocycles. The lowest BCUT2D eigenvalue weighted by Gasteiger charge is -2.35. The van der Waals surface area contributed by atoms with Gasteiger partial charge in [-0.25, -0.2) is 18.4 Å². The van der Waals surface area contributed by atoms with Crippen molar-refractivity contribution in [2.45, 2.75) is 32.9 Å². The number of nitrogens with one attached hydrogen (secondary N) is 1. The molecule has 1 aliphatic heterocycles. The van der Waals surface area contributed by atoms with Gasteiger partial charge in [0.15, 0.2) is 5.82 Å². The Kier molecular flexibility index (Phi) is 5.42. The lowest BCUT2D eigenvalue weighted by Crippen LogP contribution is -2.44. The summed E-state index contributed by atoms with van der Waals surface area (Å²) in [7, 11) is -3.52. The number of rotatable bonds is 5. The maximum absolute atomic E-state index is 12.6. The third-order valence-electron chi connectivity index (χ3n) is 5.25. The zero-order valence-corrected chi connectivity index (χ0v) is 18.5. The van der Waals surface area contributed by atoms with Crippen molar-refractivity contribution in [1.29, 1.82) is 0 Å². The summed E-state index contributed by atoms with van der Waals surface area (Å²) >= 11 is 0. The van der Waals surface area contributed by atoms with E-state index >= 15 is 0 Å². The SMILES string of the molecule is CC(C)N(c1cc(N2CCOC[C@H]2C)nc(-c2cccc3[nH]ccc23)n1)S(C)(=O)=O. The molecule has 1 N–H and O–H groups in total. The second-order valence-corrected chi connectivity index (χ2v) is 9.78. The first-order valence-corrected chi connectivity index (χ1v) is 11.9. The van der Waals surface area contributed by atoms with Crippen molar-refractivity contribution in [3.8, 4) is 11.4 Å². The largest absolute Gasteiger partial charge is 0.377 e. The van der Waals surface area contributed by atoms with Gasteiger partial charge in [-0.1, -0.05) is 12.1 Å². The molecule has 0 amide bonds. The molecule has 0 unspecified atom stereocenters. The van der Waals surface area contributed by atoms with Crippen molar-refractivity contribution in [2.24, 2.45) is 0 Å². The number of anilines is 2. The molecule has 160 valence electrons. The van der Waals surface area contributed by atoms with E-state index in [1.54, 1.807) is 6.07 Å². The molecule has 4 rings (SSSR count). The van der Waals surface area contributed by atoms with Gasteiger partial charge in [-0.05, 0) is 32.9 Å². The number of hydrogen-bond donors (Lipinski definition) is 1. The average Bonchev–Trinajstić information content (AvgIpc) is 3.15. The van der Waals surface area contributed by atoms with Crippen molar-refractivity contribution in [2.75, 3.05) is 35.2 Å². The van der Waals surface area contributed by atoms with E-state index in [0.717, 1.165) is 16.5 Å². The Morgan fingerprint density at radius 2 is 2.07 bits per heavy atom. The molecule has 1 saturated heterocycles. The fraction of sp³-hybridized carbons (Fsp3) is 0.429. The van der Waals surface area contributed by atoms with Crippen LogP contribution in [0.1, 0.15) is 20.8 Å². The summed E-state index contributed by atoms with van der Waals surface area (Å²) in [4.78, 5) is 14.9. The second kappa shape index (κ2) is 7.88. The van der Waals surface area contributed by atoms with Crippen LogP contribution in [0.25, 0.3) is 22.3 Å². The van der Waals surface area contributed by atoms with Gasteiger partial charge < -0.3 is 14.6 Å². The number of H-pyrrole nitrogens is 1. The molecule has 9 heteroatoms. The first kappa shape index (κ1) is 20.6. The molecule has 0 bridgehead atoms. The van der Waals surface area contributed by atoms with E-state index < -0.39 is 10.0 Å². The lowest BCUT2D eigenvalue weighted by atomic mass is 10.1. The Balaban J connectivity index is 1.94. The molecule has 3 aromatic rings. The lowest BCUT2D eigenvalue weighted by molar-refractivity contribution is 0.0985. The standard InChI is InChI=1S/C21H27N5O3S/c1-14(2)26(30(4,27)28)20-12-19(25-10-11-29-13-15(25)3)23-21(24-20)17-6-5-7-18-16(17)8-9-22-18/h5-9,12,14-15,22H,10-11,13H2,1-4H3/t15-/m1/s1. The topological polar surface area (TPSA) is 91.4 Å². The first-order chi connectivity index (χ1) is 14.3. The summed E-state index contributed by atoms with van der Waals surface area (Å²) in [5.74, 6) is 1.58. The normalized spacial score (nSPS) is 17.6. The van der Waals surface area contributed by atoms with E-state index in [9.17, 15) is 8.42 Å². The summed E-state index contributed by atoms with van der Waals surface area (Å²) in [5, 5.41) is 0.992. The number of hydrogen-bond acceptors (Lipinski definition) is 6. The molecule has 3 heterocycles. The minimum Gasteiger partial charge on any atom is -0.377 e. The summed E-state index contributed by atoms with van der Waals surface area (Å²) in [6, 6.07) is 9.49. The van der Waals surface area contributed by atoms with Gasteiger partial charge in [-0.3, -0.25) is 4.31 Å². The van der Waals surface area contributed by atoms with Gasteiger partial charge in [-0.2, -0.15) is 0 Å². The average molecular weight is 430 g/mol. The molecule has 0 spiro atoms. The highest BCUT2D eigenvalue weighted by atomic mass is 32.2. The van der Waals surface area contributed by atoms with Gasteiger partial charge >= 0.3 is 0 Å². The fourth-order valence-electron chi connectivity index (χ4n) is 3.97. The predicted octanol–water partition coefficient (Wildman–Crippen LogP) is 3.02. The Bertz CT molecular complexity index is 1160. The molecule has 1 aliphatic rings. The fourth-order valence-corrected chi connectivity index (χ4v) is 5.17. The van der Waals surface area contributed by atoms with Crippen LogP contribution in [-0.4, -0.2) is 61.5 Å². The number of ether oxygens (including phenoxy) is 1. The highest BCUT2D eigenvalue weighted by Gasteiger charge is 2.27. The summed E-state index contributed by atoms with van der Waals surface area (Å²) in [6.07, 6.45) is 3.08. The third-order valence-corrected chi connectivity index (χ3v) is 6.57. The smallest absolute Gasteiger partial charge is 0.233 e. The number of aromatic nitrogens is 3. The Morgan fingerprint density at radius 1 is 1.27 bits per heavy atom. The van der Waals surface area contributed by atoms with Crippen molar-refractivity contribution >= 4 is 32.6 Å². The third kappa shape index (κ3) is 3.87. The van der Waals surface area contributed by atoms with Crippen LogP contribution in [0, 0.1) is 0 Å². The quantitative estimate of drug-likeness (QED) is 0.670. The maximum atomic E-state index is 12.6.